The number of aliphatic imine (C=N–C) groups is 1. The molecule has 5 heteroatoms. The minimum atomic E-state index is 0.268. The molecule has 0 amide bonds. The summed E-state index contributed by atoms with van der Waals surface area (Å²) >= 11 is 0. The first-order valence-corrected chi connectivity index (χ1v) is 11.0. The second-order valence-corrected chi connectivity index (χ2v) is 8.39. The van der Waals surface area contributed by atoms with E-state index in [2.05, 4.69) is 99.9 Å². The van der Waals surface area contributed by atoms with Crippen molar-refractivity contribution in [1.82, 2.24) is 20.6 Å². The highest BCUT2D eigenvalue weighted by molar-refractivity contribution is 5.90. The molecule has 1 unspecified atom stereocenters. The Morgan fingerprint density at radius 1 is 1.00 bits per heavy atom. The van der Waals surface area contributed by atoms with Gasteiger partial charge in [-0.25, -0.2) is 4.98 Å². The molecule has 5 rings (SSSR count). The van der Waals surface area contributed by atoms with E-state index in [-0.39, 0.29) is 6.17 Å². The van der Waals surface area contributed by atoms with Crippen molar-refractivity contribution in [1.29, 1.82) is 0 Å². The van der Waals surface area contributed by atoms with Crippen LogP contribution in [0.1, 0.15) is 25.3 Å². The lowest BCUT2D eigenvalue weighted by molar-refractivity contribution is 0.527. The van der Waals surface area contributed by atoms with Crippen molar-refractivity contribution in [2.75, 3.05) is 0 Å². The number of fused-ring (bicyclic) bond motifs is 1. The molecular formula is C27H27N5. The van der Waals surface area contributed by atoms with Crippen LogP contribution in [-0.4, -0.2) is 28.9 Å². The first-order chi connectivity index (χ1) is 15.7. The van der Waals surface area contributed by atoms with Gasteiger partial charge < -0.3 is 10.3 Å². The molecule has 1 aliphatic heterocycles. The van der Waals surface area contributed by atoms with Gasteiger partial charge in [-0.15, -0.1) is 0 Å². The molecule has 32 heavy (non-hydrogen) atoms. The number of imidazole rings is 1. The van der Waals surface area contributed by atoms with Gasteiger partial charge >= 0.3 is 0 Å². The predicted molar refractivity (Wildman–Crippen MR) is 133 cm³/mol. The topological polar surface area (TPSA) is 65.1 Å². The van der Waals surface area contributed by atoms with Gasteiger partial charge in [0.2, 0.25) is 0 Å². The van der Waals surface area contributed by atoms with E-state index in [1.54, 1.807) is 12.5 Å². The van der Waals surface area contributed by atoms with Gasteiger partial charge in [-0.05, 0) is 66.1 Å². The number of aromatic amines is 1. The molecule has 3 N–H and O–H groups in total. The maximum Gasteiger partial charge on any atom is 0.0924 e. The molecule has 1 fully saturated rings. The van der Waals surface area contributed by atoms with Crippen LogP contribution in [0.25, 0.3) is 38.9 Å². The first-order valence-electron chi connectivity index (χ1n) is 11.0. The van der Waals surface area contributed by atoms with E-state index in [1.807, 2.05) is 6.20 Å². The van der Waals surface area contributed by atoms with Crippen LogP contribution in [0.5, 0.6) is 0 Å². The van der Waals surface area contributed by atoms with Gasteiger partial charge in [0, 0.05) is 17.8 Å². The van der Waals surface area contributed by atoms with Crippen LogP contribution in [0, 0.1) is 0 Å². The van der Waals surface area contributed by atoms with E-state index >= 15 is 0 Å². The average molecular weight is 422 g/mol. The summed E-state index contributed by atoms with van der Waals surface area (Å²) < 4.78 is 0. The molecule has 2 atom stereocenters. The monoisotopic (exact) mass is 421 g/mol. The third-order valence-electron chi connectivity index (χ3n) is 6.10. The first kappa shape index (κ1) is 20.2. The Kier molecular flexibility index (Phi) is 5.57. The molecule has 0 aliphatic carbocycles. The second kappa shape index (κ2) is 8.81. The van der Waals surface area contributed by atoms with E-state index in [4.69, 9.17) is 0 Å². The van der Waals surface area contributed by atoms with Crippen LogP contribution >= 0.6 is 0 Å². The van der Waals surface area contributed by atoms with Crippen LogP contribution in [0.3, 0.4) is 0 Å². The molecule has 1 aromatic heterocycles. The van der Waals surface area contributed by atoms with Gasteiger partial charge in [0.25, 0.3) is 0 Å². The molecule has 0 saturated carbocycles. The van der Waals surface area contributed by atoms with Crippen molar-refractivity contribution >= 4 is 23.2 Å². The highest BCUT2D eigenvalue weighted by Gasteiger charge is 2.20. The zero-order valence-corrected chi connectivity index (χ0v) is 18.2. The Balaban J connectivity index is 1.38. The molecule has 4 aromatic rings. The summed E-state index contributed by atoms with van der Waals surface area (Å²) in [5.74, 6) is 0. The predicted octanol–water partition coefficient (Wildman–Crippen LogP) is 5.58. The van der Waals surface area contributed by atoms with Crippen LogP contribution < -0.4 is 10.6 Å². The van der Waals surface area contributed by atoms with E-state index < -0.39 is 0 Å². The zero-order chi connectivity index (χ0) is 21.9. The van der Waals surface area contributed by atoms with Crippen molar-refractivity contribution in [2.24, 2.45) is 4.99 Å². The fourth-order valence-electron chi connectivity index (χ4n) is 4.36. The van der Waals surface area contributed by atoms with Crippen molar-refractivity contribution < 1.29 is 0 Å². The lowest BCUT2D eigenvalue weighted by Gasteiger charge is -2.18. The molecular weight excluding hydrogens is 394 g/mol. The smallest absolute Gasteiger partial charge is 0.0924 e. The van der Waals surface area contributed by atoms with E-state index in [0.29, 0.717) is 6.04 Å². The van der Waals surface area contributed by atoms with Gasteiger partial charge in [0.15, 0.2) is 0 Å². The van der Waals surface area contributed by atoms with Crippen LogP contribution in [0.4, 0.5) is 0 Å². The number of nitrogens with zero attached hydrogens (tertiary/aromatic N) is 2. The zero-order valence-electron chi connectivity index (χ0n) is 18.2. The maximum atomic E-state index is 4.12. The van der Waals surface area contributed by atoms with Crippen molar-refractivity contribution in [3.63, 3.8) is 0 Å². The molecule has 2 heterocycles. The standard InChI is InChI=1S/C27H27N5/c1-18-3-12-27(31-18)32-26(15-28-2)20-6-4-19(5-7-20)21-8-9-23-14-24(11-10-22(23)13-21)25-16-29-17-30-25/h4-11,13-18,27,31-32H,2-3,12H2,1H3,(H,29,30)/b26-15-/t18-,27?/m0/s1. The maximum absolute atomic E-state index is 4.12. The SMILES string of the molecule is C=N/C=C(\NC1CC[C@H](C)N1)c1ccc(-c2ccc3cc(-c4cnc[nH]4)ccc3c2)cc1. The number of hydrogen-bond acceptors (Lipinski definition) is 4. The molecule has 5 nitrogen and oxygen atoms in total. The molecule has 1 saturated heterocycles. The molecule has 160 valence electrons. The third kappa shape index (κ3) is 4.20. The molecule has 0 spiro atoms. The number of hydrogen-bond donors (Lipinski definition) is 3. The lowest BCUT2D eigenvalue weighted by atomic mass is 9.98. The number of nitrogens with one attached hydrogen (secondary N) is 3. The van der Waals surface area contributed by atoms with Crippen LogP contribution in [0.15, 0.2) is 84.4 Å². The summed E-state index contributed by atoms with van der Waals surface area (Å²) in [7, 11) is 0. The van der Waals surface area contributed by atoms with E-state index in [1.165, 1.54) is 28.3 Å². The highest BCUT2D eigenvalue weighted by atomic mass is 15.2. The summed E-state index contributed by atoms with van der Waals surface area (Å²) in [5, 5.41) is 9.56. The Hall–Kier alpha value is -3.70. The minimum Gasteiger partial charge on any atom is -0.368 e. The summed E-state index contributed by atoms with van der Waals surface area (Å²) in [4.78, 5) is 11.3. The Labute approximate surface area is 188 Å². The summed E-state index contributed by atoms with van der Waals surface area (Å²) in [6.45, 7) is 5.86. The summed E-state index contributed by atoms with van der Waals surface area (Å²) in [6.07, 6.45) is 7.90. The van der Waals surface area contributed by atoms with Crippen LogP contribution in [-0.2, 0) is 0 Å². The van der Waals surface area contributed by atoms with Crippen molar-refractivity contribution in [2.45, 2.75) is 32.0 Å². The van der Waals surface area contributed by atoms with Gasteiger partial charge in [-0.1, -0.05) is 48.5 Å². The van der Waals surface area contributed by atoms with Gasteiger partial charge in [-0.2, -0.15) is 0 Å². The Bertz CT molecular complexity index is 1260. The number of benzene rings is 3. The fraction of sp³-hybridized carbons (Fsp3) is 0.185. The normalized spacial score (nSPS) is 18.7. The highest BCUT2D eigenvalue weighted by Crippen LogP contribution is 2.28. The fourth-order valence-corrected chi connectivity index (χ4v) is 4.36. The van der Waals surface area contributed by atoms with Gasteiger partial charge in [0.1, 0.15) is 0 Å². The average Bonchev–Trinajstić information content (AvgIpc) is 3.50. The van der Waals surface area contributed by atoms with E-state index in [9.17, 15) is 0 Å². The lowest BCUT2D eigenvalue weighted by Crippen LogP contribution is -2.38. The summed E-state index contributed by atoms with van der Waals surface area (Å²) in [6, 6.07) is 22.2. The van der Waals surface area contributed by atoms with Crippen molar-refractivity contribution in [3.05, 3.63) is 85.0 Å². The minimum absolute atomic E-state index is 0.268. The number of rotatable bonds is 6. The Morgan fingerprint density at radius 3 is 2.38 bits per heavy atom. The molecule has 0 bridgehead atoms. The second-order valence-electron chi connectivity index (χ2n) is 8.39. The van der Waals surface area contributed by atoms with Gasteiger partial charge in [-0.3, -0.25) is 10.3 Å². The number of H-pyrrole nitrogens is 1. The third-order valence-corrected chi connectivity index (χ3v) is 6.10. The van der Waals surface area contributed by atoms with Crippen LogP contribution in [0.2, 0.25) is 0 Å². The van der Waals surface area contributed by atoms with Gasteiger partial charge in [0.05, 0.1) is 30.1 Å². The molecule has 3 aromatic carbocycles. The number of aromatic nitrogens is 2. The largest absolute Gasteiger partial charge is 0.368 e. The van der Waals surface area contributed by atoms with E-state index in [0.717, 1.165) is 28.9 Å². The van der Waals surface area contributed by atoms with Crippen molar-refractivity contribution in [3.8, 4) is 22.4 Å². The quantitative estimate of drug-likeness (QED) is 0.356. The molecule has 1 aliphatic rings. The molecule has 0 radical (unpaired) electrons. The Morgan fingerprint density at radius 2 is 1.72 bits per heavy atom. The summed E-state index contributed by atoms with van der Waals surface area (Å²) in [5.41, 5.74) is 6.65.